The van der Waals surface area contributed by atoms with Gasteiger partial charge in [0.15, 0.2) is 0 Å². The Labute approximate surface area is 195 Å². The van der Waals surface area contributed by atoms with E-state index < -0.39 is 0 Å². The Morgan fingerprint density at radius 3 is 1.48 bits per heavy atom. The average molecular weight is 487 g/mol. The third-order valence-corrected chi connectivity index (χ3v) is 5.79. The Morgan fingerprint density at radius 1 is 0.778 bits per heavy atom. The molecule has 3 rings (SSSR count). The van der Waals surface area contributed by atoms with Crippen molar-refractivity contribution in [3.05, 3.63) is 59.7 Å². The van der Waals surface area contributed by atoms with Crippen LogP contribution in [0.4, 0.5) is 0 Å². The molecule has 0 spiro atoms. The number of hydrogen-bond acceptors (Lipinski definition) is 0. The number of aryl methyl sites for hydroxylation is 2. The fourth-order valence-corrected chi connectivity index (χ4v) is 3.77. The molecule has 1 aliphatic carbocycles. The second-order valence-corrected chi connectivity index (χ2v) is 8.70. The Morgan fingerprint density at radius 2 is 1.22 bits per heavy atom. The summed E-state index contributed by atoms with van der Waals surface area (Å²) in [6.45, 7) is 4.45. The molecule has 0 saturated heterocycles. The Bertz CT molecular complexity index is 468. The van der Waals surface area contributed by atoms with Gasteiger partial charge in [0.25, 0.3) is 0 Å². The van der Waals surface area contributed by atoms with Crippen molar-refractivity contribution in [2.45, 2.75) is 84.5 Å². The maximum atomic E-state index is 2.23. The van der Waals surface area contributed by atoms with Crippen molar-refractivity contribution in [2.24, 2.45) is 0 Å². The van der Waals surface area contributed by atoms with Gasteiger partial charge < -0.3 is 24.8 Å². The van der Waals surface area contributed by atoms with E-state index >= 15 is 0 Å². The number of unbranched alkanes of at least 4 members (excludes halogenated alkanes) is 2. The van der Waals surface area contributed by atoms with Crippen LogP contribution in [0.3, 0.4) is 0 Å². The molecule has 0 unspecified atom stereocenters. The summed E-state index contributed by atoms with van der Waals surface area (Å²) in [5.74, 6) is 0. The third kappa shape index (κ3) is 16.7. The first kappa shape index (κ1) is 29.2. The van der Waals surface area contributed by atoms with Gasteiger partial charge in [-0.15, -0.1) is 0 Å². The van der Waals surface area contributed by atoms with Crippen molar-refractivity contribution in [3.8, 4) is 0 Å². The molecule has 2 aromatic rings. The first-order valence-electron chi connectivity index (χ1n) is 10.2. The summed E-state index contributed by atoms with van der Waals surface area (Å²) in [4.78, 5) is 0. The average Bonchev–Trinajstić information content (AvgIpc) is 3.34. The van der Waals surface area contributed by atoms with Crippen LogP contribution in [0.15, 0.2) is 48.5 Å². The van der Waals surface area contributed by atoms with Crippen molar-refractivity contribution in [1.29, 1.82) is 0 Å². The van der Waals surface area contributed by atoms with Crippen LogP contribution in [-0.2, 0) is 37.1 Å². The first-order chi connectivity index (χ1) is 12.3. The van der Waals surface area contributed by atoms with Crippen molar-refractivity contribution in [1.82, 2.24) is 0 Å². The monoisotopic (exact) mass is 484 g/mol. The molecular formula is C24H36Cl2Zr-2. The summed E-state index contributed by atoms with van der Waals surface area (Å²) in [6.07, 6.45) is 15.1. The molecule has 0 N–H and O–H groups in total. The van der Waals surface area contributed by atoms with Gasteiger partial charge in [-0.05, 0) is 0 Å². The van der Waals surface area contributed by atoms with Crippen LogP contribution in [0.5, 0.6) is 0 Å². The fraction of sp³-hybridized carbons (Fsp3) is 0.542. The zero-order valence-corrected chi connectivity index (χ0v) is 21.1. The van der Waals surface area contributed by atoms with Crippen LogP contribution >= 0.6 is 0 Å². The number of rotatable bonds is 6. The molecule has 0 atom stereocenters. The molecule has 0 aromatic heterocycles. The minimum atomic E-state index is 0. The summed E-state index contributed by atoms with van der Waals surface area (Å²) in [7, 11) is 0. The normalized spacial score (nSPS) is 12.5. The van der Waals surface area contributed by atoms with Gasteiger partial charge in [0.1, 0.15) is 0 Å². The third-order valence-electron chi connectivity index (χ3n) is 4.56. The van der Waals surface area contributed by atoms with Crippen LogP contribution in [0, 0.1) is 0 Å². The molecule has 1 aliphatic rings. The van der Waals surface area contributed by atoms with Crippen molar-refractivity contribution in [3.63, 3.8) is 0 Å². The fourth-order valence-electron chi connectivity index (χ4n) is 2.90. The molecule has 1 saturated carbocycles. The SMILES string of the molecule is CCCCc1cc[cH-]c1.CCCCc1cc[cH-]c1.[Cl-].[Cl-].[Zr+2]=[C]1CCCCC1. The summed E-state index contributed by atoms with van der Waals surface area (Å²) in [6, 6.07) is 17.2. The Kier molecular flexibility index (Phi) is 22.5. The van der Waals surface area contributed by atoms with E-state index in [0.717, 1.165) is 0 Å². The van der Waals surface area contributed by atoms with Crippen LogP contribution in [0.25, 0.3) is 0 Å². The van der Waals surface area contributed by atoms with Gasteiger partial charge in [0.05, 0.1) is 0 Å². The van der Waals surface area contributed by atoms with Crippen LogP contribution in [-0.4, -0.2) is 3.21 Å². The zero-order chi connectivity index (χ0) is 18.2. The molecule has 0 nitrogen and oxygen atoms in total. The first-order valence-corrected chi connectivity index (χ1v) is 11.5. The second-order valence-electron chi connectivity index (χ2n) is 6.96. The van der Waals surface area contributed by atoms with Crippen LogP contribution in [0.2, 0.25) is 0 Å². The molecule has 0 radical (unpaired) electrons. The summed E-state index contributed by atoms with van der Waals surface area (Å²) in [5.41, 5.74) is 2.97. The quantitative estimate of drug-likeness (QED) is 0.538. The number of halogens is 2. The molecule has 0 bridgehead atoms. The molecule has 0 amide bonds. The molecular weight excluding hydrogens is 450 g/mol. The van der Waals surface area contributed by atoms with Gasteiger partial charge in [0.2, 0.25) is 0 Å². The van der Waals surface area contributed by atoms with E-state index in [9.17, 15) is 0 Å². The van der Waals surface area contributed by atoms with Crippen LogP contribution < -0.4 is 24.8 Å². The van der Waals surface area contributed by atoms with E-state index in [0.29, 0.717) is 0 Å². The van der Waals surface area contributed by atoms with Crippen molar-refractivity contribution in [2.75, 3.05) is 0 Å². The molecule has 27 heavy (non-hydrogen) atoms. The number of hydrogen-bond donors (Lipinski definition) is 0. The standard InChI is InChI=1S/2C9H13.C6H10.2ClH.Zr/c2*1-2-3-6-9-7-4-5-8-9;1-2-4-6-5-3-1;;;/h2*4-5,7-8H,2-3,6H2,1H3;1-5H2;2*1H;/q2*-1;;;;+2/p-2. The summed E-state index contributed by atoms with van der Waals surface area (Å²) in [5, 5.41) is 0. The maximum absolute atomic E-state index is 2.23. The molecule has 0 aliphatic heterocycles. The minimum absolute atomic E-state index is 0. The molecule has 3 heteroatoms. The van der Waals surface area contributed by atoms with E-state index in [-0.39, 0.29) is 24.8 Å². The van der Waals surface area contributed by atoms with Crippen LogP contribution in [0.1, 0.15) is 82.8 Å². The Balaban J connectivity index is 0. The van der Waals surface area contributed by atoms with Gasteiger partial charge >= 0.3 is 59.5 Å². The van der Waals surface area contributed by atoms with E-state index in [2.05, 4.69) is 62.4 Å². The van der Waals surface area contributed by atoms with E-state index in [1.54, 1.807) is 27.4 Å². The Hall–Kier alpha value is 0.0331. The van der Waals surface area contributed by atoms with Crippen molar-refractivity contribution < 1.29 is 49.0 Å². The molecule has 2 aromatic carbocycles. The predicted octanol–water partition coefficient (Wildman–Crippen LogP) is 1.17. The van der Waals surface area contributed by atoms with E-state index in [1.807, 2.05) is 0 Å². The summed E-state index contributed by atoms with van der Waals surface area (Å²) < 4.78 is 1.80. The van der Waals surface area contributed by atoms with Gasteiger partial charge in [-0.1, -0.05) is 52.4 Å². The second kappa shape index (κ2) is 20.8. The molecule has 1 fully saturated rings. The molecule has 152 valence electrons. The van der Waals surface area contributed by atoms with Gasteiger partial charge in [-0.2, -0.15) is 47.5 Å². The predicted molar refractivity (Wildman–Crippen MR) is 109 cm³/mol. The zero-order valence-electron chi connectivity index (χ0n) is 17.2. The van der Waals surface area contributed by atoms with Gasteiger partial charge in [-0.25, -0.2) is 12.1 Å². The summed E-state index contributed by atoms with van der Waals surface area (Å²) >= 11 is 1.69. The van der Waals surface area contributed by atoms with Crippen molar-refractivity contribution >= 4 is 3.21 Å². The van der Waals surface area contributed by atoms with Gasteiger partial charge in [-0.3, -0.25) is 0 Å². The van der Waals surface area contributed by atoms with E-state index in [4.69, 9.17) is 0 Å². The topological polar surface area (TPSA) is 0 Å². The van der Waals surface area contributed by atoms with E-state index in [1.165, 1.54) is 81.8 Å². The van der Waals surface area contributed by atoms with Gasteiger partial charge in [0, 0.05) is 0 Å². The molecule has 0 heterocycles.